The summed E-state index contributed by atoms with van der Waals surface area (Å²) in [6.45, 7) is 2.00. The van der Waals surface area contributed by atoms with Gasteiger partial charge >= 0.3 is 6.00 Å². The first-order valence-electron chi connectivity index (χ1n) is 3.72. The highest BCUT2D eigenvalue weighted by molar-refractivity contribution is 8.21. The SMILES string of the molecule is CCCCCS(=O)(Cl)=NP(=O)(Cl)Cl. The summed E-state index contributed by atoms with van der Waals surface area (Å²) in [5.74, 6) is -3.50. The van der Waals surface area contributed by atoms with Gasteiger partial charge in [0.05, 0.1) is 0 Å². The Bertz CT molecular complexity index is 307. The van der Waals surface area contributed by atoms with Gasteiger partial charge < -0.3 is 0 Å². The molecule has 0 aliphatic carbocycles. The van der Waals surface area contributed by atoms with Crippen molar-refractivity contribution in [3.05, 3.63) is 0 Å². The lowest BCUT2D eigenvalue weighted by Crippen LogP contribution is -1.95. The van der Waals surface area contributed by atoms with Crippen LogP contribution < -0.4 is 0 Å². The second kappa shape index (κ2) is 5.82. The summed E-state index contributed by atoms with van der Waals surface area (Å²) < 4.78 is 25.3. The molecule has 0 rings (SSSR count). The molecule has 1 unspecified atom stereocenters. The predicted molar refractivity (Wildman–Crippen MR) is 60.1 cm³/mol. The van der Waals surface area contributed by atoms with E-state index in [1.165, 1.54) is 0 Å². The Balaban J connectivity index is 4.33. The summed E-state index contributed by atoms with van der Waals surface area (Å²) in [5.41, 5.74) is 0. The first-order chi connectivity index (χ1) is 5.77. The minimum absolute atomic E-state index is 0.172. The molecular weight excluding hydrogens is 275 g/mol. The van der Waals surface area contributed by atoms with Crippen LogP contribution in [0, 0.1) is 0 Å². The molecule has 0 saturated carbocycles. The second-order valence-corrected chi connectivity index (χ2v) is 10.3. The van der Waals surface area contributed by atoms with Gasteiger partial charge in [0.1, 0.15) is 8.94 Å². The fourth-order valence-electron chi connectivity index (χ4n) is 0.713. The Morgan fingerprint density at radius 3 is 2.31 bits per heavy atom. The maximum absolute atomic E-state index is 11.3. The molecule has 0 aromatic heterocycles. The van der Waals surface area contributed by atoms with Crippen LogP contribution in [-0.2, 0) is 13.5 Å². The van der Waals surface area contributed by atoms with Crippen LogP contribution in [0.2, 0.25) is 0 Å². The lowest BCUT2D eigenvalue weighted by molar-refractivity contribution is 0.593. The van der Waals surface area contributed by atoms with Crippen molar-refractivity contribution in [1.29, 1.82) is 0 Å². The van der Waals surface area contributed by atoms with E-state index in [-0.39, 0.29) is 5.75 Å². The third kappa shape index (κ3) is 9.36. The molecule has 0 fully saturated rings. The van der Waals surface area contributed by atoms with E-state index < -0.39 is 14.9 Å². The van der Waals surface area contributed by atoms with E-state index in [2.05, 4.69) is 4.13 Å². The first-order valence-corrected chi connectivity index (χ1v) is 9.70. The van der Waals surface area contributed by atoms with Crippen LogP contribution in [0.3, 0.4) is 0 Å². The Hall–Kier alpha value is 1.05. The van der Waals surface area contributed by atoms with Crippen LogP contribution in [0.4, 0.5) is 0 Å². The minimum Gasteiger partial charge on any atom is -0.262 e. The predicted octanol–water partition coefficient (Wildman–Crippen LogP) is 4.38. The van der Waals surface area contributed by atoms with Crippen LogP contribution in [0.15, 0.2) is 4.13 Å². The number of nitrogens with zero attached hydrogens (tertiary/aromatic N) is 1. The van der Waals surface area contributed by atoms with Gasteiger partial charge in [0.2, 0.25) is 0 Å². The molecule has 0 N–H and O–H groups in total. The third-order valence-electron chi connectivity index (χ3n) is 1.22. The van der Waals surface area contributed by atoms with E-state index >= 15 is 0 Å². The Morgan fingerprint density at radius 1 is 1.38 bits per heavy atom. The van der Waals surface area contributed by atoms with Crippen molar-refractivity contribution in [1.82, 2.24) is 0 Å². The Morgan fingerprint density at radius 2 is 1.92 bits per heavy atom. The molecule has 0 bridgehead atoms. The van der Waals surface area contributed by atoms with E-state index in [0.717, 1.165) is 12.8 Å². The summed E-state index contributed by atoms with van der Waals surface area (Å²) in [4.78, 5) is 0. The van der Waals surface area contributed by atoms with Crippen molar-refractivity contribution in [3.8, 4) is 0 Å². The van der Waals surface area contributed by atoms with Crippen molar-refractivity contribution < 1.29 is 8.77 Å². The summed E-state index contributed by atoms with van der Waals surface area (Å²) in [6.07, 6.45) is 2.54. The second-order valence-electron chi connectivity index (χ2n) is 2.49. The molecule has 8 heteroatoms. The Labute approximate surface area is 92.8 Å². The topological polar surface area (TPSA) is 46.5 Å². The normalized spacial score (nSPS) is 16.6. The smallest absolute Gasteiger partial charge is 0.262 e. The standard InChI is InChI=1S/C5H11Cl3NO2PS/c1-2-3-4-5-13(8,11)9-12(6,7)10/h2-5H2,1H3. The first kappa shape index (κ1) is 14.1. The number of halogens is 3. The molecule has 0 aromatic carbocycles. The monoisotopic (exact) mass is 285 g/mol. The largest absolute Gasteiger partial charge is 0.372 e. The van der Waals surface area contributed by atoms with E-state index in [9.17, 15) is 8.77 Å². The number of rotatable bonds is 5. The van der Waals surface area contributed by atoms with Gasteiger partial charge in [-0.2, -0.15) is 0 Å². The van der Waals surface area contributed by atoms with Crippen LogP contribution in [0.1, 0.15) is 26.2 Å². The molecule has 80 valence electrons. The minimum atomic E-state index is -3.67. The van der Waals surface area contributed by atoms with Gasteiger partial charge in [-0.1, -0.05) is 19.8 Å². The number of unbranched alkanes of at least 4 members (excludes halogenated alkanes) is 2. The molecule has 0 amide bonds. The fraction of sp³-hybridized carbons (Fsp3) is 1.00. The number of hydrogen-bond acceptors (Lipinski definition) is 2. The van der Waals surface area contributed by atoms with Crippen LogP contribution in [0.5, 0.6) is 0 Å². The average molecular weight is 287 g/mol. The van der Waals surface area contributed by atoms with Crippen LogP contribution >= 0.6 is 39.2 Å². The van der Waals surface area contributed by atoms with Crippen molar-refractivity contribution in [3.63, 3.8) is 0 Å². The molecule has 0 aliphatic rings. The van der Waals surface area contributed by atoms with Crippen molar-refractivity contribution in [2.75, 3.05) is 5.75 Å². The summed E-state index contributed by atoms with van der Waals surface area (Å²) >= 11 is 10.2. The van der Waals surface area contributed by atoms with Gasteiger partial charge in [-0.15, -0.1) is 4.13 Å². The molecule has 13 heavy (non-hydrogen) atoms. The van der Waals surface area contributed by atoms with Crippen LogP contribution in [0.25, 0.3) is 0 Å². The molecule has 0 radical (unpaired) electrons. The van der Waals surface area contributed by atoms with Gasteiger partial charge in [0.15, 0.2) is 0 Å². The highest BCUT2D eigenvalue weighted by Crippen LogP contribution is 2.59. The maximum Gasteiger partial charge on any atom is 0.372 e. The highest BCUT2D eigenvalue weighted by Gasteiger charge is 2.16. The maximum atomic E-state index is 11.3. The summed E-state index contributed by atoms with van der Waals surface area (Å²) in [6, 6.07) is 0. The van der Waals surface area contributed by atoms with Crippen LogP contribution in [-0.4, -0.2) is 9.96 Å². The van der Waals surface area contributed by atoms with Gasteiger partial charge in [-0.3, -0.25) is 4.57 Å². The molecule has 0 heterocycles. The van der Waals surface area contributed by atoms with Crippen molar-refractivity contribution >= 4 is 48.1 Å². The lowest BCUT2D eigenvalue weighted by Gasteiger charge is -2.00. The zero-order chi connectivity index (χ0) is 10.5. The molecule has 0 aromatic rings. The highest BCUT2D eigenvalue weighted by atomic mass is 35.9. The van der Waals surface area contributed by atoms with E-state index in [1.807, 2.05) is 6.92 Å². The van der Waals surface area contributed by atoms with Crippen molar-refractivity contribution in [2.45, 2.75) is 26.2 Å². The number of hydrogen-bond donors (Lipinski definition) is 0. The van der Waals surface area contributed by atoms with E-state index in [1.54, 1.807) is 0 Å². The summed E-state index contributed by atoms with van der Waals surface area (Å²) in [5, 5.41) is 0. The lowest BCUT2D eigenvalue weighted by atomic mass is 10.3. The Kier molecular flexibility index (Phi) is 6.29. The molecule has 3 nitrogen and oxygen atoms in total. The summed E-state index contributed by atoms with van der Waals surface area (Å²) in [7, 11) is 2.49. The molecule has 1 atom stereocenters. The van der Waals surface area contributed by atoms with E-state index in [0.29, 0.717) is 6.42 Å². The molecule has 0 spiro atoms. The third-order valence-corrected chi connectivity index (χ3v) is 5.87. The zero-order valence-electron chi connectivity index (χ0n) is 7.08. The van der Waals surface area contributed by atoms with Crippen molar-refractivity contribution in [2.24, 2.45) is 4.13 Å². The van der Waals surface area contributed by atoms with Gasteiger partial charge in [-0.25, -0.2) is 4.21 Å². The van der Waals surface area contributed by atoms with Gasteiger partial charge in [0.25, 0.3) is 0 Å². The average Bonchev–Trinajstić information content (AvgIpc) is 1.81. The molecule has 0 aliphatic heterocycles. The zero-order valence-corrected chi connectivity index (χ0v) is 11.1. The van der Waals surface area contributed by atoms with E-state index in [4.69, 9.17) is 33.2 Å². The van der Waals surface area contributed by atoms with Gasteiger partial charge in [-0.05, 0) is 39.6 Å². The quantitative estimate of drug-likeness (QED) is 0.427. The molecule has 0 saturated heterocycles. The fourth-order valence-corrected chi connectivity index (χ4v) is 6.21. The molecular formula is C5H11Cl3NO2PS. The van der Waals surface area contributed by atoms with Gasteiger partial charge in [0, 0.05) is 5.75 Å².